The molecule has 0 atom stereocenters. The topological polar surface area (TPSA) is 57.0 Å². The Morgan fingerprint density at radius 3 is 1.93 bits per heavy atom. The second-order valence-corrected chi connectivity index (χ2v) is 13.7. The summed E-state index contributed by atoms with van der Waals surface area (Å²) in [6, 6.07) is 43.3. The lowest BCUT2D eigenvalue weighted by molar-refractivity contribution is 0.499. The van der Waals surface area contributed by atoms with Crippen molar-refractivity contribution >= 4 is 62.0 Å². The van der Waals surface area contributed by atoms with Crippen molar-refractivity contribution in [3.63, 3.8) is 0 Å². The van der Waals surface area contributed by atoms with Gasteiger partial charge in [-0.05, 0) is 38.9 Å². The van der Waals surface area contributed by atoms with E-state index in [0.717, 1.165) is 33.2 Å². The molecular weight excluding hydrogens is 510 g/mol. The molecule has 0 spiro atoms. The first kappa shape index (κ1) is 22.8. The highest BCUT2D eigenvalue weighted by Crippen LogP contribution is 2.33. The standard InChI is InChI=1S/C34H23N3O2Si/c1-4-10-24(11-5-1)40(25-12-6-2-7-13-25,26-14-8-3-9-15-26)27-16-17-30-29(22-27)36-23-37(30)33-32-28-19-21-38-34(28)39-31(32)18-20-35-33/h1-23H. The highest BCUT2D eigenvalue weighted by molar-refractivity contribution is 7.20. The molecule has 0 fully saturated rings. The molecular formula is C34H23N3O2Si. The van der Waals surface area contributed by atoms with Crippen LogP contribution in [0.5, 0.6) is 0 Å². The third-order valence-electron chi connectivity index (χ3n) is 7.82. The summed E-state index contributed by atoms with van der Waals surface area (Å²) in [7, 11) is -2.64. The molecule has 0 radical (unpaired) electrons. The molecule has 0 unspecified atom stereocenters. The van der Waals surface area contributed by atoms with Crippen molar-refractivity contribution < 1.29 is 8.83 Å². The van der Waals surface area contributed by atoms with E-state index in [4.69, 9.17) is 18.8 Å². The van der Waals surface area contributed by atoms with Gasteiger partial charge in [-0.1, -0.05) is 97.1 Å². The first-order valence-corrected chi connectivity index (χ1v) is 15.2. The van der Waals surface area contributed by atoms with Crippen LogP contribution in [0.15, 0.2) is 149 Å². The van der Waals surface area contributed by atoms with Gasteiger partial charge in [-0.25, -0.2) is 9.97 Å². The number of hydrogen-bond donors (Lipinski definition) is 0. The number of rotatable bonds is 5. The fourth-order valence-corrected chi connectivity index (χ4v) is 10.9. The fourth-order valence-electron chi connectivity index (χ4n) is 6.09. The van der Waals surface area contributed by atoms with Gasteiger partial charge in [-0.15, -0.1) is 0 Å². The van der Waals surface area contributed by atoms with Gasteiger partial charge in [0.1, 0.15) is 17.7 Å². The van der Waals surface area contributed by atoms with Crippen LogP contribution >= 0.6 is 0 Å². The lowest BCUT2D eigenvalue weighted by Crippen LogP contribution is -2.74. The molecule has 0 aliphatic rings. The van der Waals surface area contributed by atoms with Crippen molar-refractivity contribution in [2.75, 3.05) is 0 Å². The number of furan rings is 2. The van der Waals surface area contributed by atoms with E-state index in [1.807, 2.05) is 23.0 Å². The van der Waals surface area contributed by atoms with Gasteiger partial charge in [0.2, 0.25) is 0 Å². The molecule has 0 saturated carbocycles. The Labute approximate surface area is 231 Å². The van der Waals surface area contributed by atoms with Crippen molar-refractivity contribution in [3.8, 4) is 5.82 Å². The molecule has 4 aromatic heterocycles. The smallest absolute Gasteiger partial charge is 0.298 e. The van der Waals surface area contributed by atoms with E-state index in [9.17, 15) is 0 Å². The van der Waals surface area contributed by atoms with Crippen LogP contribution in [-0.4, -0.2) is 22.6 Å². The Morgan fingerprint density at radius 1 is 0.625 bits per heavy atom. The van der Waals surface area contributed by atoms with Crippen LogP contribution in [0.2, 0.25) is 0 Å². The fraction of sp³-hybridized carbons (Fsp3) is 0. The Balaban J connectivity index is 1.40. The largest absolute Gasteiger partial charge is 0.433 e. The van der Waals surface area contributed by atoms with Crippen LogP contribution in [0.4, 0.5) is 0 Å². The van der Waals surface area contributed by atoms with Crippen LogP contribution in [0.25, 0.3) is 39.0 Å². The zero-order valence-corrected chi connectivity index (χ0v) is 22.4. The summed E-state index contributed by atoms with van der Waals surface area (Å²) in [6.07, 6.45) is 5.26. The minimum atomic E-state index is -2.64. The van der Waals surface area contributed by atoms with Crippen LogP contribution in [0.3, 0.4) is 0 Å². The maximum absolute atomic E-state index is 5.92. The summed E-state index contributed by atoms with van der Waals surface area (Å²) in [5, 5.41) is 7.09. The van der Waals surface area contributed by atoms with E-state index in [-0.39, 0.29) is 0 Å². The van der Waals surface area contributed by atoms with Gasteiger partial charge >= 0.3 is 0 Å². The lowest BCUT2D eigenvalue weighted by Gasteiger charge is -2.34. The quantitative estimate of drug-likeness (QED) is 0.223. The molecule has 4 heterocycles. The number of nitrogens with zero attached hydrogens (tertiary/aromatic N) is 3. The monoisotopic (exact) mass is 533 g/mol. The number of benzene rings is 4. The summed E-state index contributed by atoms with van der Waals surface area (Å²) < 4.78 is 13.5. The molecule has 5 nitrogen and oxygen atoms in total. The maximum atomic E-state index is 5.92. The second kappa shape index (κ2) is 8.93. The Kier molecular flexibility index (Phi) is 5.08. The minimum absolute atomic E-state index is 0.500. The molecule has 0 amide bonds. The van der Waals surface area contributed by atoms with Crippen molar-refractivity contribution in [3.05, 3.63) is 140 Å². The molecule has 4 aromatic carbocycles. The van der Waals surface area contributed by atoms with Gasteiger partial charge in [0.25, 0.3) is 5.78 Å². The number of hydrogen-bond acceptors (Lipinski definition) is 4. The number of aromatic nitrogens is 3. The zero-order valence-electron chi connectivity index (χ0n) is 21.4. The Bertz CT molecular complexity index is 2020. The molecule has 0 aliphatic heterocycles. The normalized spacial score (nSPS) is 12.0. The van der Waals surface area contributed by atoms with E-state index in [2.05, 4.69) is 109 Å². The van der Waals surface area contributed by atoms with Gasteiger partial charge < -0.3 is 8.83 Å². The highest BCUT2D eigenvalue weighted by atomic mass is 28.3. The summed E-state index contributed by atoms with van der Waals surface area (Å²) in [6.45, 7) is 0. The molecule has 190 valence electrons. The molecule has 0 bridgehead atoms. The van der Waals surface area contributed by atoms with E-state index < -0.39 is 8.07 Å². The molecule has 0 N–H and O–H groups in total. The number of imidazole rings is 1. The molecule has 0 aliphatic carbocycles. The number of fused-ring (bicyclic) bond motifs is 4. The van der Waals surface area contributed by atoms with E-state index in [0.29, 0.717) is 5.78 Å². The third-order valence-corrected chi connectivity index (χ3v) is 12.6. The summed E-state index contributed by atoms with van der Waals surface area (Å²) >= 11 is 0. The first-order chi connectivity index (χ1) is 19.8. The third kappa shape index (κ3) is 3.26. The summed E-state index contributed by atoms with van der Waals surface area (Å²) in [5.41, 5.74) is 2.64. The van der Waals surface area contributed by atoms with Crippen LogP contribution in [0, 0.1) is 0 Å². The van der Waals surface area contributed by atoms with Crippen molar-refractivity contribution in [1.29, 1.82) is 0 Å². The van der Waals surface area contributed by atoms with Gasteiger partial charge in [0.05, 0.1) is 28.1 Å². The summed E-state index contributed by atoms with van der Waals surface area (Å²) in [5.74, 6) is 1.27. The average Bonchev–Trinajstić information content (AvgIpc) is 3.74. The van der Waals surface area contributed by atoms with Crippen LogP contribution < -0.4 is 20.7 Å². The number of pyridine rings is 1. The maximum Gasteiger partial charge on any atom is 0.298 e. The van der Waals surface area contributed by atoms with E-state index in [1.54, 1.807) is 12.5 Å². The molecule has 8 aromatic rings. The first-order valence-electron chi connectivity index (χ1n) is 13.2. The molecule has 0 saturated heterocycles. The van der Waals surface area contributed by atoms with Crippen LogP contribution in [-0.2, 0) is 0 Å². The zero-order chi connectivity index (χ0) is 26.5. The lowest BCUT2D eigenvalue weighted by atomic mass is 10.2. The SMILES string of the molecule is c1ccc([Si](c2ccccc2)(c2ccccc2)c2ccc3c(c2)ncn3-c2nccc3oc4occc4c23)cc1. The Hall–Kier alpha value is -5.20. The van der Waals surface area contributed by atoms with Gasteiger partial charge in [0, 0.05) is 12.3 Å². The van der Waals surface area contributed by atoms with Crippen LogP contribution in [0.1, 0.15) is 0 Å². The Morgan fingerprint density at radius 2 is 1.27 bits per heavy atom. The summed E-state index contributed by atoms with van der Waals surface area (Å²) in [4.78, 5) is 9.65. The second-order valence-electron chi connectivity index (χ2n) is 9.90. The van der Waals surface area contributed by atoms with Crippen molar-refractivity contribution in [2.24, 2.45) is 0 Å². The van der Waals surface area contributed by atoms with Gasteiger partial charge in [-0.3, -0.25) is 4.57 Å². The predicted octanol–water partition coefficient (Wildman–Crippen LogP) is 5.29. The average molecular weight is 534 g/mol. The van der Waals surface area contributed by atoms with E-state index >= 15 is 0 Å². The van der Waals surface area contributed by atoms with Gasteiger partial charge in [0.15, 0.2) is 8.07 Å². The molecule has 40 heavy (non-hydrogen) atoms. The van der Waals surface area contributed by atoms with Crippen molar-refractivity contribution in [1.82, 2.24) is 14.5 Å². The highest BCUT2D eigenvalue weighted by Gasteiger charge is 2.41. The van der Waals surface area contributed by atoms with Gasteiger partial charge in [-0.2, -0.15) is 0 Å². The molecule has 8 rings (SSSR count). The predicted molar refractivity (Wildman–Crippen MR) is 162 cm³/mol. The molecule has 6 heteroatoms. The van der Waals surface area contributed by atoms with E-state index in [1.165, 1.54) is 20.7 Å². The minimum Gasteiger partial charge on any atom is -0.433 e. The van der Waals surface area contributed by atoms with Crippen molar-refractivity contribution in [2.45, 2.75) is 0 Å².